The fourth-order valence-electron chi connectivity index (χ4n) is 3.92. The SMILES string of the molecule is N[C@H]1CO[C@H]2[C@@H]1OC[C@H]2O[N+](=O)[O-].O=CNCCN[C@H]1CO[C@H]2[C@@H]1OC[C@H]2O[N+](=O)[O-]. The van der Waals surface area contributed by atoms with Crippen LogP contribution in [0, 0.1) is 20.2 Å². The third-order valence-corrected chi connectivity index (χ3v) is 5.26. The van der Waals surface area contributed by atoms with Gasteiger partial charge in [-0.25, -0.2) is 0 Å². The summed E-state index contributed by atoms with van der Waals surface area (Å²) < 4.78 is 21.4. The zero-order valence-electron chi connectivity index (χ0n) is 16.4. The number of fused-ring (bicyclic) bond motifs is 2. The molecule has 0 aromatic heterocycles. The molecule has 176 valence electrons. The zero-order chi connectivity index (χ0) is 22.4. The summed E-state index contributed by atoms with van der Waals surface area (Å²) in [6.07, 6.45) is -1.97. The first-order valence-corrected chi connectivity index (χ1v) is 9.65. The van der Waals surface area contributed by atoms with Gasteiger partial charge in [0.05, 0.1) is 38.5 Å². The minimum Gasteiger partial charge on any atom is -0.371 e. The van der Waals surface area contributed by atoms with Crippen molar-refractivity contribution in [3.63, 3.8) is 0 Å². The van der Waals surface area contributed by atoms with Crippen LogP contribution in [0.5, 0.6) is 0 Å². The Labute approximate surface area is 175 Å². The van der Waals surface area contributed by atoms with Gasteiger partial charge in [-0.05, 0) is 0 Å². The highest BCUT2D eigenvalue weighted by Crippen LogP contribution is 2.29. The molecule has 0 bridgehead atoms. The maximum absolute atomic E-state index is 10.3. The van der Waals surface area contributed by atoms with Crippen LogP contribution >= 0.6 is 0 Å². The van der Waals surface area contributed by atoms with E-state index in [1.807, 2.05) is 0 Å². The lowest BCUT2D eigenvalue weighted by atomic mass is 10.1. The zero-order valence-corrected chi connectivity index (χ0v) is 16.4. The Morgan fingerprint density at radius 3 is 2.03 bits per heavy atom. The van der Waals surface area contributed by atoms with Gasteiger partial charge >= 0.3 is 0 Å². The van der Waals surface area contributed by atoms with Crippen LogP contribution in [0.15, 0.2) is 0 Å². The van der Waals surface area contributed by atoms with E-state index in [0.29, 0.717) is 32.7 Å². The molecule has 4 aliphatic heterocycles. The van der Waals surface area contributed by atoms with Gasteiger partial charge in [-0.3, -0.25) is 4.79 Å². The Morgan fingerprint density at radius 1 is 0.871 bits per heavy atom. The van der Waals surface area contributed by atoms with E-state index in [1.54, 1.807) is 0 Å². The van der Waals surface area contributed by atoms with E-state index in [0.717, 1.165) is 0 Å². The van der Waals surface area contributed by atoms with E-state index in [2.05, 4.69) is 20.3 Å². The molecule has 0 aliphatic carbocycles. The maximum Gasteiger partial charge on any atom is 0.294 e. The smallest absolute Gasteiger partial charge is 0.294 e. The third-order valence-electron chi connectivity index (χ3n) is 5.26. The van der Waals surface area contributed by atoms with Gasteiger partial charge in [0.2, 0.25) is 6.41 Å². The van der Waals surface area contributed by atoms with Gasteiger partial charge < -0.3 is 45.0 Å². The van der Waals surface area contributed by atoms with Crippen LogP contribution in [0.25, 0.3) is 0 Å². The Morgan fingerprint density at radius 2 is 1.42 bits per heavy atom. The van der Waals surface area contributed by atoms with E-state index in [4.69, 9.17) is 24.7 Å². The Hall–Kier alpha value is -2.37. The summed E-state index contributed by atoms with van der Waals surface area (Å²) in [7, 11) is 0. The minimum atomic E-state index is -0.830. The van der Waals surface area contributed by atoms with Crippen LogP contribution in [-0.2, 0) is 33.4 Å². The number of amides is 1. The van der Waals surface area contributed by atoms with E-state index in [-0.39, 0.29) is 43.6 Å². The largest absolute Gasteiger partial charge is 0.371 e. The Balaban J connectivity index is 0.000000185. The number of hydrogen-bond acceptors (Lipinski definition) is 13. The van der Waals surface area contributed by atoms with Gasteiger partial charge in [-0.15, -0.1) is 20.2 Å². The van der Waals surface area contributed by atoms with Crippen molar-refractivity contribution >= 4 is 6.41 Å². The number of nitrogens with two attached hydrogens (primary N) is 1. The molecule has 4 N–H and O–H groups in total. The highest BCUT2D eigenvalue weighted by molar-refractivity contribution is 5.45. The molecular weight excluding hydrogens is 426 g/mol. The van der Waals surface area contributed by atoms with Crippen molar-refractivity contribution in [2.45, 2.75) is 48.7 Å². The highest BCUT2D eigenvalue weighted by atomic mass is 17.0. The predicted molar refractivity (Wildman–Crippen MR) is 96.5 cm³/mol. The molecule has 4 fully saturated rings. The lowest BCUT2D eigenvalue weighted by Gasteiger charge is -2.17. The van der Waals surface area contributed by atoms with Crippen molar-refractivity contribution in [1.29, 1.82) is 0 Å². The second-order valence-corrected chi connectivity index (χ2v) is 7.22. The predicted octanol–water partition coefficient (Wildman–Crippen LogP) is -3.25. The fraction of sp³-hybridized carbons (Fsp3) is 0.933. The van der Waals surface area contributed by atoms with Crippen LogP contribution in [0.1, 0.15) is 0 Å². The summed E-state index contributed by atoms with van der Waals surface area (Å²) in [4.78, 5) is 39.3. The van der Waals surface area contributed by atoms with E-state index >= 15 is 0 Å². The van der Waals surface area contributed by atoms with Crippen LogP contribution in [-0.4, -0.2) is 105 Å². The van der Waals surface area contributed by atoms with Gasteiger partial charge in [0.15, 0.2) is 12.2 Å². The number of carbonyl (C=O) groups is 1. The highest BCUT2D eigenvalue weighted by Gasteiger charge is 2.49. The first-order chi connectivity index (χ1) is 14.9. The molecule has 16 nitrogen and oxygen atoms in total. The summed E-state index contributed by atoms with van der Waals surface area (Å²) in [6.45, 7) is 2.19. The summed E-state index contributed by atoms with van der Waals surface area (Å²) in [5, 5.41) is 24.4. The lowest BCUT2D eigenvalue weighted by Crippen LogP contribution is -2.43. The van der Waals surface area contributed by atoms with Crippen LogP contribution in [0.4, 0.5) is 0 Å². The number of nitrogens with zero attached hydrogens (tertiary/aromatic N) is 2. The van der Waals surface area contributed by atoms with Crippen LogP contribution in [0.2, 0.25) is 0 Å². The van der Waals surface area contributed by atoms with Gasteiger partial charge in [-0.1, -0.05) is 0 Å². The first kappa shape index (κ1) is 23.3. The van der Waals surface area contributed by atoms with Crippen LogP contribution < -0.4 is 16.4 Å². The van der Waals surface area contributed by atoms with Crippen molar-refractivity contribution in [3.8, 4) is 0 Å². The Kier molecular flexibility index (Phi) is 8.10. The minimum absolute atomic E-state index is 0.0381. The molecule has 16 heteroatoms. The molecule has 4 rings (SSSR count). The molecule has 4 heterocycles. The van der Waals surface area contributed by atoms with Crippen molar-refractivity contribution < 1.29 is 43.6 Å². The number of nitrogens with one attached hydrogen (secondary N) is 2. The summed E-state index contributed by atoms with van der Waals surface area (Å²) in [5.41, 5.74) is 5.64. The molecule has 31 heavy (non-hydrogen) atoms. The monoisotopic (exact) mass is 451 g/mol. The molecule has 0 aromatic carbocycles. The average Bonchev–Trinajstić information content (AvgIpc) is 3.46. The van der Waals surface area contributed by atoms with Crippen molar-refractivity contribution in [2.24, 2.45) is 5.73 Å². The van der Waals surface area contributed by atoms with E-state index < -0.39 is 28.5 Å². The lowest BCUT2D eigenvalue weighted by molar-refractivity contribution is -0.769. The van der Waals surface area contributed by atoms with Crippen molar-refractivity contribution in [2.75, 3.05) is 39.5 Å². The van der Waals surface area contributed by atoms with E-state index in [9.17, 15) is 25.0 Å². The van der Waals surface area contributed by atoms with Crippen LogP contribution in [0.3, 0.4) is 0 Å². The number of hydrogen-bond donors (Lipinski definition) is 3. The molecule has 0 unspecified atom stereocenters. The first-order valence-electron chi connectivity index (χ1n) is 9.65. The number of ether oxygens (including phenoxy) is 4. The van der Waals surface area contributed by atoms with E-state index in [1.165, 1.54) is 0 Å². The number of carbonyl (C=O) groups excluding carboxylic acids is 1. The molecule has 8 atom stereocenters. The molecule has 4 aliphatic rings. The second-order valence-electron chi connectivity index (χ2n) is 7.22. The molecule has 0 aromatic rings. The van der Waals surface area contributed by atoms with Crippen molar-refractivity contribution in [3.05, 3.63) is 20.2 Å². The maximum atomic E-state index is 10.3. The normalized spacial score (nSPS) is 37.8. The van der Waals surface area contributed by atoms with Gasteiger partial charge in [0, 0.05) is 13.1 Å². The molecular formula is C15H25N5O11. The standard InChI is InChI=1S/C9H15N3O6.C6H10N2O5/c13-5-10-1-2-11-6-3-16-9-7(18-12(14)15)4-17-8(6)9;7-3-1-11-6-4(13-8(9)10)2-12-5(3)6/h5-9,11H,1-4H2,(H,10,13);3-6H,1-2,7H2/t6-,7+,8+,9+;3-,4+,5+,6+/m00/s1. The average molecular weight is 451 g/mol. The Bertz CT molecular complexity index is 642. The van der Waals surface area contributed by atoms with Gasteiger partial charge in [0.25, 0.3) is 10.2 Å². The quantitative estimate of drug-likeness (QED) is 0.136. The third kappa shape index (κ3) is 5.86. The molecule has 0 saturated carbocycles. The van der Waals surface area contributed by atoms with Gasteiger partial charge in [0.1, 0.15) is 24.4 Å². The summed E-state index contributed by atoms with van der Waals surface area (Å²) in [6, 6.07) is -0.242. The summed E-state index contributed by atoms with van der Waals surface area (Å²) >= 11 is 0. The molecule has 4 saturated heterocycles. The van der Waals surface area contributed by atoms with Gasteiger partial charge in [-0.2, -0.15) is 0 Å². The molecule has 1 amide bonds. The molecule has 0 radical (unpaired) electrons. The molecule has 0 spiro atoms. The van der Waals surface area contributed by atoms with Crippen molar-refractivity contribution in [1.82, 2.24) is 10.6 Å². The fourth-order valence-corrected chi connectivity index (χ4v) is 3.92. The summed E-state index contributed by atoms with van der Waals surface area (Å²) in [5.74, 6) is 0. The second kappa shape index (κ2) is 10.8. The number of rotatable bonds is 9. The topological polar surface area (TPSA) is 209 Å².